The van der Waals surface area contributed by atoms with Gasteiger partial charge in [0.15, 0.2) is 0 Å². The lowest BCUT2D eigenvalue weighted by Crippen LogP contribution is -2.37. The van der Waals surface area contributed by atoms with E-state index in [4.69, 9.17) is 0 Å². The minimum absolute atomic E-state index is 0.117. The van der Waals surface area contributed by atoms with Gasteiger partial charge in [-0.25, -0.2) is 4.39 Å². The number of thioether (sulfide) groups is 1. The molecule has 1 saturated heterocycles. The van der Waals surface area contributed by atoms with E-state index in [9.17, 15) is 9.18 Å². The van der Waals surface area contributed by atoms with Crippen LogP contribution < -0.4 is 5.32 Å². The summed E-state index contributed by atoms with van der Waals surface area (Å²) in [4.78, 5) is 12.0. The van der Waals surface area contributed by atoms with Crippen molar-refractivity contribution in [3.8, 4) is 0 Å². The third-order valence-corrected chi connectivity index (χ3v) is 5.53. The van der Waals surface area contributed by atoms with Gasteiger partial charge in [0.25, 0.3) is 5.91 Å². The predicted octanol–water partition coefficient (Wildman–Crippen LogP) is 3.45. The second kappa shape index (κ2) is 5.77. The molecule has 98 valence electrons. The zero-order valence-electron chi connectivity index (χ0n) is 10.1. The number of carbonyl (C=O) groups is 1. The Balaban J connectivity index is 1.99. The minimum atomic E-state index is -0.311. The monoisotopic (exact) mass is 379 g/mol. The highest BCUT2D eigenvalue weighted by Gasteiger charge is 2.29. The highest BCUT2D eigenvalue weighted by Crippen LogP contribution is 2.37. The number of nitrogens with one attached hydrogen (secondary N) is 1. The van der Waals surface area contributed by atoms with Gasteiger partial charge in [-0.3, -0.25) is 4.79 Å². The van der Waals surface area contributed by atoms with Crippen molar-refractivity contribution in [2.24, 2.45) is 0 Å². The molecule has 1 aromatic carbocycles. The van der Waals surface area contributed by atoms with E-state index in [2.05, 4.69) is 12.2 Å². The minimum Gasteiger partial charge on any atom is -0.351 e. The molecule has 0 bridgehead atoms. The maximum absolute atomic E-state index is 13.0. The Kier molecular flexibility index (Phi) is 4.53. The molecule has 0 radical (unpaired) electrons. The largest absolute Gasteiger partial charge is 0.351 e. The molecule has 1 fully saturated rings. The molecule has 1 atom stereocenters. The standard InChI is InChI=1S/C13H15FINOS/c1-13(5-2-6-18-13)8-16-12(17)10-4-3-9(14)7-11(10)15/h3-4,7H,2,5-6,8H2,1H3,(H,16,17). The first-order valence-electron chi connectivity index (χ1n) is 5.87. The Morgan fingerprint density at radius 3 is 3.00 bits per heavy atom. The summed E-state index contributed by atoms with van der Waals surface area (Å²) in [5.41, 5.74) is 0.545. The van der Waals surface area contributed by atoms with E-state index < -0.39 is 0 Å². The van der Waals surface area contributed by atoms with Gasteiger partial charge in [0.1, 0.15) is 5.82 Å². The average molecular weight is 379 g/mol. The van der Waals surface area contributed by atoms with Gasteiger partial charge in [0.05, 0.1) is 5.56 Å². The smallest absolute Gasteiger partial charge is 0.252 e. The van der Waals surface area contributed by atoms with Crippen molar-refractivity contribution in [2.75, 3.05) is 12.3 Å². The number of carbonyl (C=O) groups excluding carboxylic acids is 1. The highest BCUT2D eigenvalue weighted by molar-refractivity contribution is 14.1. The van der Waals surface area contributed by atoms with Crippen LogP contribution in [0.4, 0.5) is 4.39 Å². The van der Waals surface area contributed by atoms with E-state index in [-0.39, 0.29) is 16.5 Å². The normalized spacial score (nSPS) is 23.1. The third-order valence-electron chi connectivity index (χ3n) is 3.10. The summed E-state index contributed by atoms with van der Waals surface area (Å²) in [6.07, 6.45) is 2.35. The summed E-state index contributed by atoms with van der Waals surface area (Å²) < 4.78 is 13.8. The molecule has 18 heavy (non-hydrogen) atoms. The highest BCUT2D eigenvalue weighted by atomic mass is 127. The molecule has 0 aromatic heterocycles. The fourth-order valence-electron chi connectivity index (χ4n) is 2.01. The second-order valence-electron chi connectivity index (χ2n) is 4.71. The third kappa shape index (κ3) is 3.38. The summed E-state index contributed by atoms with van der Waals surface area (Å²) in [6.45, 7) is 2.85. The first-order chi connectivity index (χ1) is 8.50. The average Bonchev–Trinajstić information content (AvgIpc) is 2.74. The molecule has 0 spiro atoms. The van der Waals surface area contributed by atoms with Crippen molar-refractivity contribution in [1.29, 1.82) is 0 Å². The van der Waals surface area contributed by atoms with Crippen LogP contribution in [-0.4, -0.2) is 23.0 Å². The zero-order valence-corrected chi connectivity index (χ0v) is 13.1. The first kappa shape index (κ1) is 14.1. The quantitative estimate of drug-likeness (QED) is 0.816. The van der Waals surface area contributed by atoms with Gasteiger partial charge in [0.2, 0.25) is 0 Å². The lowest BCUT2D eigenvalue weighted by Gasteiger charge is -2.23. The Labute approximate surface area is 124 Å². The van der Waals surface area contributed by atoms with Crippen molar-refractivity contribution in [2.45, 2.75) is 24.5 Å². The van der Waals surface area contributed by atoms with Crippen molar-refractivity contribution in [3.63, 3.8) is 0 Å². The number of amides is 1. The maximum atomic E-state index is 13.0. The fraction of sp³-hybridized carbons (Fsp3) is 0.462. The summed E-state index contributed by atoms with van der Waals surface area (Å²) >= 11 is 3.90. The summed E-state index contributed by atoms with van der Waals surface area (Å²) in [7, 11) is 0. The molecular weight excluding hydrogens is 364 g/mol. The van der Waals surface area contributed by atoms with Gasteiger partial charge in [0, 0.05) is 14.9 Å². The Morgan fingerprint density at radius 2 is 2.39 bits per heavy atom. The molecule has 1 heterocycles. The Hall–Kier alpha value is -0.300. The van der Waals surface area contributed by atoms with Crippen LogP contribution in [0.1, 0.15) is 30.1 Å². The first-order valence-corrected chi connectivity index (χ1v) is 7.94. The van der Waals surface area contributed by atoms with Crippen LogP contribution in [0.3, 0.4) is 0 Å². The summed E-state index contributed by atoms with van der Waals surface area (Å²) in [5.74, 6) is 0.739. The number of rotatable bonds is 3. The molecule has 0 saturated carbocycles. The van der Waals surface area contributed by atoms with Gasteiger partial charge in [-0.2, -0.15) is 11.8 Å². The van der Waals surface area contributed by atoms with Crippen molar-refractivity contribution in [1.82, 2.24) is 5.32 Å². The number of hydrogen-bond acceptors (Lipinski definition) is 2. The van der Waals surface area contributed by atoms with Crippen LogP contribution in [0.15, 0.2) is 18.2 Å². The molecule has 5 heteroatoms. The van der Waals surface area contributed by atoms with Gasteiger partial charge in [-0.15, -0.1) is 0 Å². The van der Waals surface area contributed by atoms with Gasteiger partial charge < -0.3 is 5.32 Å². The molecule has 0 aliphatic carbocycles. The molecule has 1 amide bonds. The topological polar surface area (TPSA) is 29.1 Å². The molecule has 1 aliphatic rings. The van der Waals surface area contributed by atoms with E-state index >= 15 is 0 Å². The van der Waals surface area contributed by atoms with Crippen LogP contribution >= 0.6 is 34.4 Å². The zero-order chi connectivity index (χ0) is 13.2. The lowest BCUT2D eigenvalue weighted by molar-refractivity contribution is 0.0949. The van der Waals surface area contributed by atoms with Crippen LogP contribution in [0.5, 0.6) is 0 Å². The molecular formula is C13H15FINOS. The van der Waals surface area contributed by atoms with Gasteiger partial charge in [-0.05, 0) is 66.3 Å². The van der Waals surface area contributed by atoms with Crippen LogP contribution in [-0.2, 0) is 0 Å². The van der Waals surface area contributed by atoms with Gasteiger partial charge in [-0.1, -0.05) is 0 Å². The van der Waals surface area contributed by atoms with Crippen LogP contribution in [0.25, 0.3) is 0 Å². The predicted molar refractivity (Wildman–Crippen MR) is 81.5 cm³/mol. The van der Waals surface area contributed by atoms with Crippen LogP contribution in [0, 0.1) is 9.39 Å². The summed E-state index contributed by atoms with van der Waals surface area (Å²) in [5, 5.41) is 2.95. The Morgan fingerprint density at radius 1 is 1.61 bits per heavy atom. The van der Waals surface area contributed by atoms with E-state index in [0.29, 0.717) is 15.7 Å². The molecule has 2 nitrogen and oxygen atoms in total. The molecule has 2 rings (SSSR count). The maximum Gasteiger partial charge on any atom is 0.252 e. The van der Waals surface area contributed by atoms with Crippen molar-refractivity contribution >= 4 is 40.3 Å². The van der Waals surface area contributed by atoms with E-state index in [1.807, 2.05) is 34.4 Å². The SMILES string of the molecule is CC1(CNC(=O)c2ccc(F)cc2I)CCCS1. The summed E-state index contributed by atoms with van der Waals surface area (Å²) in [6, 6.07) is 4.24. The van der Waals surface area contributed by atoms with Crippen molar-refractivity contribution < 1.29 is 9.18 Å². The molecule has 1 unspecified atom stereocenters. The van der Waals surface area contributed by atoms with Crippen LogP contribution in [0.2, 0.25) is 0 Å². The molecule has 1 N–H and O–H groups in total. The molecule has 1 aromatic rings. The van der Waals surface area contributed by atoms with Gasteiger partial charge >= 0.3 is 0 Å². The van der Waals surface area contributed by atoms with Crippen molar-refractivity contribution in [3.05, 3.63) is 33.1 Å². The number of benzene rings is 1. The lowest BCUT2D eigenvalue weighted by atomic mass is 10.1. The fourth-order valence-corrected chi connectivity index (χ4v) is 3.98. The Bertz CT molecular complexity index is 460. The van der Waals surface area contributed by atoms with E-state index in [0.717, 1.165) is 6.42 Å². The molecule has 1 aliphatic heterocycles. The van der Waals surface area contributed by atoms with E-state index in [1.165, 1.54) is 30.4 Å². The number of halogens is 2. The van der Waals surface area contributed by atoms with E-state index in [1.54, 1.807) is 0 Å². The second-order valence-corrected chi connectivity index (χ2v) is 7.55. The number of hydrogen-bond donors (Lipinski definition) is 1.